The first kappa shape index (κ1) is 16.1. The van der Waals surface area contributed by atoms with Gasteiger partial charge in [-0.3, -0.25) is 0 Å². The van der Waals surface area contributed by atoms with E-state index in [1.54, 1.807) is 18.4 Å². The number of hydrogen-bond acceptors (Lipinski definition) is 5. The molecule has 128 valence electrons. The van der Waals surface area contributed by atoms with E-state index in [4.69, 9.17) is 9.47 Å². The lowest BCUT2D eigenvalue weighted by molar-refractivity contribution is 0.375. The zero-order valence-corrected chi connectivity index (χ0v) is 15.4. The zero-order chi connectivity index (χ0) is 17.4. The van der Waals surface area contributed by atoms with E-state index in [0.29, 0.717) is 17.4 Å². The number of hydrogen-bond donors (Lipinski definition) is 0. The van der Waals surface area contributed by atoms with Gasteiger partial charge in [-0.05, 0) is 56.4 Å². The molecule has 0 unspecified atom stereocenters. The van der Waals surface area contributed by atoms with Crippen molar-refractivity contribution in [2.45, 2.75) is 33.1 Å². The van der Waals surface area contributed by atoms with E-state index in [1.165, 1.54) is 16.9 Å². The monoisotopic (exact) mass is 352 g/mol. The van der Waals surface area contributed by atoms with Crippen LogP contribution in [0.5, 0.6) is 17.4 Å². The quantitative estimate of drug-likeness (QED) is 0.637. The second-order valence-electron chi connectivity index (χ2n) is 6.13. The SMILES string of the molecule is C/C=C\c1ccc(Oc2nc(C)nc3sc4c(c23)CCC4)c(OC)c1. The van der Waals surface area contributed by atoms with Gasteiger partial charge < -0.3 is 9.47 Å². The summed E-state index contributed by atoms with van der Waals surface area (Å²) in [6.07, 6.45) is 7.45. The lowest BCUT2D eigenvalue weighted by atomic mass is 10.2. The summed E-state index contributed by atoms with van der Waals surface area (Å²) in [6.45, 7) is 3.90. The number of benzene rings is 1. The second-order valence-corrected chi connectivity index (χ2v) is 7.21. The van der Waals surface area contributed by atoms with Crippen LogP contribution in [0.4, 0.5) is 0 Å². The Morgan fingerprint density at radius 1 is 1.16 bits per heavy atom. The van der Waals surface area contributed by atoms with Crippen LogP contribution in [0.3, 0.4) is 0 Å². The molecule has 1 aromatic carbocycles. The molecule has 3 aromatic rings. The third-order valence-corrected chi connectivity index (χ3v) is 5.58. The lowest BCUT2D eigenvalue weighted by Crippen LogP contribution is -1.97. The van der Waals surface area contributed by atoms with Crippen molar-refractivity contribution < 1.29 is 9.47 Å². The van der Waals surface area contributed by atoms with E-state index in [1.807, 2.05) is 44.2 Å². The molecule has 0 radical (unpaired) electrons. The number of nitrogens with zero attached hydrogens (tertiary/aromatic N) is 2. The number of aromatic nitrogens is 2. The van der Waals surface area contributed by atoms with Crippen LogP contribution < -0.4 is 9.47 Å². The molecule has 0 N–H and O–H groups in total. The van der Waals surface area contributed by atoms with Crippen LogP contribution in [0.25, 0.3) is 16.3 Å². The van der Waals surface area contributed by atoms with E-state index < -0.39 is 0 Å². The molecule has 25 heavy (non-hydrogen) atoms. The maximum atomic E-state index is 6.22. The molecule has 5 heteroatoms. The molecule has 1 aliphatic carbocycles. The zero-order valence-electron chi connectivity index (χ0n) is 14.6. The first-order valence-corrected chi connectivity index (χ1v) is 9.28. The molecule has 0 atom stereocenters. The van der Waals surface area contributed by atoms with Crippen molar-refractivity contribution >= 4 is 27.6 Å². The summed E-state index contributed by atoms with van der Waals surface area (Å²) < 4.78 is 11.7. The van der Waals surface area contributed by atoms with Gasteiger partial charge in [0.1, 0.15) is 10.7 Å². The van der Waals surface area contributed by atoms with Crippen LogP contribution in [-0.4, -0.2) is 17.1 Å². The van der Waals surface area contributed by atoms with E-state index in [9.17, 15) is 0 Å². The summed E-state index contributed by atoms with van der Waals surface area (Å²) in [4.78, 5) is 11.6. The summed E-state index contributed by atoms with van der Waals surface area (Å²) >= 11 is 1.77. The highest BCUT2D eigenvalue weighted by Gasteiger charge is 2.23. The molecule has 4 rings (SSSR count). The topological polar surface area (TPSA) is 44.2 Å². The van der Waals surface area contributed by atoms with Gasteiger partial charge in [-0.2, -0.15) is 4.98 Å². The van der Waals surface area contributed by atoms with E-state index >= 15 is 0 Å². The Morgan fingerprint density at radius 3 is 2.84 bits per heavy atom. The number of methoxy groups -OCH3 is 1. The van der Waals surface area contributed by atoms with Gasteiger partial charge in [0.15, 0.2) is 11.5 Å². The van der Waals surface area contributed by atoms with Crippen molar-refractivity contribution in [3.05, 3.63) is 46.1 Å². The fourth-order valence-electron chi connectivity index (χ4n) is 3.31. The minimum absolute atomic E-state index is 0.638. The highest BCUT2D eigenvalue weighted by molar-refractivity contribution is 7.19. The normalized spacial score (nSPS) is 13.6. The number of ether oxygens (including phenoxy) is 2. The Morgan fingerprint density at radius 2 is 2.04 bits per heavy atom. The molecule has 0 bridgehead atoms. The molecule has 0 spiro atoms. The highest BCUT2D eigenvalue weighted by Crippen LogP contribution is 2.42. The van der Waals surface area contributed by atoms with Crippen LogP contribution in [0, 0.1) is 6.92 Å². The lowest BCUT2D eigenvalue weighted by Gasteiger charge is -2.12. The van der Waals surface area contributed by atoms with E-state index in [-0.39, 0.29) is 0 Å². The molecular weight excluding hydrogens is 332 g/mol. The minimum atomic E-state index is 0.638. The predicted molar refractivity (Wildman–Crippen MR) is 102 cm³/mol. The third kappa shape index (κ3) is 2.89. The van der Waals surface area contributed by atoms with Gasteiger partial charge in [0.2, 0.25) is 5.88 Å². The first-order valence-electron chi connectivity index (χ1n) is 8.47. The van der Waals surface area contributed by atoms with Crippen molar-refractivity contribution in [2.24, 2.45) is 0 Å². The van der Waals surface area contributed by atoms with Crippen LogP contribution >= 0.6 is 11.3 Å². The van der Waals surface area contributed by atoms with E-state index in [0.717, 1.165) is 34.4 Å². The molecule has 1 aliphatic rings. The van der Waals surface area contributed by atoms with Crippen LogP contribution in [0.1, 0.15) is 35.2 Å². The smallest absolute Gasteiger partial charge is 0.231 e. The van der Waals surface area contributed by atoms with Crippen molar-refractivity contribution in [3.8, 4) is 17.4 Å². The largest absolute Gasteiger partial charge is 0.493 e. The summed E-state index contributed by atoms with van der Waals surface area (Å²) in [5.41, 5.74) is 2.44. The van der Waals surface area contributed by atoms with E-state index in [2.05, 4.69) is 9.97 Å². The highest BCUT2D eigenvalue weighted by atomic mass is 32.1. The summed E-state index contributed by atoms with van der Waals surface area (Å²) in [6, 6.07) is 5.92. The fourth-order valence-corrected chi connectivity index (χ4v) is 4.60. The first-order chi connectivity index (χ1) is 12.2. The van der Waals surface area contributed by atoms with Gasteiger partial charge in [-0.25, -0.2) is 4.98 Å². The standard InChI is InChI=1S/C20H20N2O2S/c1-4-6-13-9-10-15(16(11-13)23-3)24-19-18-14-7-5-8-17(14)25-20(18)22-12(2)21-19/h4,6,9-11H,5,7-8H2,1-3H3/b6-4-. The fraction of sp³-hybridized carbons (Fsp3) is 0.300. The van der Waals surface area contributed by atoms with Gasteiger partial charge in [0.05, 0.1) is 12.5 Å². The minimum Gasteiger partial charge on any atom is -0.493 e. The van der Waals surface area contributed by atoms with Gasteiger partial charge in [0.25, 0.3) is 0 Å². The Balaban J connectivity index is 1.81. The van der Waals surface area contributed by atoms with Crippen molar-refractivity contribution in [1.82, 2.24) is 9.97 Å². The number of fused-ring (bicyclic) bond motifs is 3. The average Bonchev–Trinajstić information content (AvgIpc) is 3.16. The van der Waals surface area contributed by atoms with Crippen LogP contribution in [0.2, 0.25) is 0 Å². The average molecular weight is 352 g/mol. The maximum Gasteiger partial charge on any atom is 0.231 e. The summed E-state index contributed by atoms with van der Waals surface area (Å²) in [5.74, 6) is 2.74. The second kappa shape index (κ2) is 6.48. The van der Waals surface area contributed by atoms with Crippen LogP contribution in [0.15, 0.2) is 24.3 Å². The number of thiophene rings is 1. The number of rotatable bonds is 4. The molecular formula is C20H20N2O2S. The Bertz CT molecular complexity index is 975. The van der Waals surface area contributed by atoms with Gasteiger partial charge in [0, 0.05) is 4.88 Å². The number of allylic oxidation sites excluding steroid dienone is 1. The van der Waals surface area contributed by atoms with Crippen molar-refractivity contribution in [3.63, 3.8) is 0 Å². The van der Waals surface area contributed by atoms with Crippen molar-refractivity contribution in [1.29, 1.82) is 0 Å². The summed E-state index contributed by atoms with van der Waals surface area (Å²) in [5, 5.41) is 1.07. The Labute approximate surface area is 151 Å². The maximum absolute atomic E-state index is 6.22. The Kier molecular flexibility index (Phi) is 4.17. The molecule has 4 nitrogen and oxygen atoms in total. The molecule has 0 fully saturated rings. The molecule has 2 aromatic heterocycles. The molecule has 0 amide bonds. The molecule has 0 aliphatic heterocycles. The van der Waals surface area contributed by atoms with Crippen LogP contribution in [-0.2, 0) is 12.8 Å². The van der Waals surface area contributed by atoms with Crippen molar-refractivity contribution in [2.75, 3.05) is 7.11 Å². The molecule has 0 saturated heterocycles. The molecule has 2 heterocycles. The number of aryl methyl sites for hydroxylation is 3. The predicted octanol–water partition coefficient (Wildman–Crippen LogP) is 5.32. The van der Waals surface area contributed by atoms with Gasteiger partial charge in [-0.1, -0.05) is 18.2 Å². The molecule has 0 saturated carbocycles. The third-order valence-electron chi connectivity index (χ3n) is 4.40. The van der Waals surface area contributed by atoms with Gasteiger partial charge >= 0.3 is 0 Å². The van der Waals surface area contributed by atoms with Gasteiger partial charge in [-0.15, -0.1) is 11.3 Å². The Hall–Kier alpha value is -2.40. The summed E-state index contributed by atoms with van der Waals surface area (Å²) in [7, 11) is 1.66.